The average Bonchev–Trinajstić information content (AvgIpc) is 2.86. The summed E-state index contributed by atoms with van der Waals surface area (Å²) in [6, 6.07) is 0. The number of aromatic nitrogens is 2. The van der Waals surface area contributed by atoms with Crippen LogP contribution >= 0.6 is 0 Å². The fraction of sp³-hybridized carbons (Fsp3) is 0.750. The first kappa shape index (κ1) is 18.9. The van der Waals surface area contributed by atoms with E-state index in [-0.39, 0.29) is 4.68 Å². The molecular formula is C12H12F8N2O2. The number of rotatable bonds is 5. The van der Waals surface area contributed by atoms with Gasteiger partial charge >= 0.3 is 6.18 Å². The number of methoxy groups -OCH3 is 1. The largest absolute Gasteiger partial charge is 0.435 e. The highest BCUT2D eigenvalue weighted by atomic mass is 19.4. The topological polar surface area (TPSA) is 47.3 Å². The minimum atomic E-state index is -5.17. The highest BCUT2D eigenvalue weighted by Crippen LogP contribution is 2.48. The zero-order valence-corrected chi connectivity index (χ0v) is 12.0. The Hall–Kier alpha value is -1.43. The van der Waals surface area contributed by atoms with E-state index in [1.165, 1.54) is 0 Å². The predicted molar refractivity (Wildman–Crippen MR) is 62.5 cm³/mol. The van der Waals surface area contributed by atoms with Crippen LogP contribution in [0.1, 0.15) is 23.1 Å². The summed E-state index contributed by atoms with van der Waals surface area (Å²) in [6.07, 6.45) is -17.3. The van der Waals surface area contributed by atoms with Gasteiger partial charge in [0.05, 0.1) is 18.7 Å². The monoisotopic (exact) mass is 368 g/mol. The van der Waals surface area contributed by atoms with E-state index in [0.29, 0.717) is 0 Å². The standard InChI is InChI=1S/C12H12F8N2O2/c1-24-7(10(14)15)4(13)3-22-5-2-11(16,17)9(23)6(5)8(21-22)12(18,19)20/h4,7,9-10,23H,2-3H2,1H3/t4?,7-,9+/m1/s1. The number of hydrogen-bond donors (Lipinski definition) is 1. The highest BCUT2D eigenvalue weighted by molar-refractivity contribution is 5.38. The Kier molecular flexibility index (Phi) is 4.83. The second-order valence-electron chi connectivity index (χ2n) is 5.28. The number of ether oxygens (including phenoxy) is 1. The Balaban J connectivity index is 2.42. The van der Waals surface area contributed by atoms with E-state index in [2.05, 4.69) is 9.84 Å². The number of hydrogen-bond acceptors (Lipinski definition) is 3. The lowest BCUT2D eigenvalue weighted by Crippen LogP contribution is -2.35. The molecule has 1 aliphatic rings. The van der Waals surface area contributed by atoms with E-state index in [1.807, 2.05) is 0 Å². The second-order valence-corrected chi connectivity index (χ2v) is 5.28. The third kappa shape index (κ3) is 3.21. The summed E-state index contributed by atoms with van der Waals surface area (Å²) >= 11 is 0. The quantitative estimate of drug-likeness (QED) is 0.814. The van der Waals surface area contributed by atoms with Gasteiger partial charge in [-0.1, -0.05) is 0 Å². The van der Waals surface area contributed by atoms with E-state index in [0.717, 1.165) is 7.11 Å². The van der Waals surface area contributed by atoms with Crippen LogP contribution in [0.2, 0.25) is 0 Å². The summed E-state index contributed by atoms with van der Waals surface area (Å²) < 4.78 is 109. The van der Waals surface area contributed by atoms with Crippen LogP contribution in [0.3, 0.4) is 0 Å². The van der Waals surface area contributed by atoms with Crippen LogP contribution in [0.4, 0.5) is 35.1 Å². The minimum absolute atomic E-state index is 0.237. The molecular weight excluding hydrogens is 356 g/mol. The van der Waals surface area contributed by atoms with Gasteiger partial charge in [-0.2, -0.15) is 18.3 Å². The van der Waals surface area contributed by atoms with Crippen molar-refractivity contribution in [3.05, 3.63) is 17.0 Å². The molecule has 0 aromatic carbocycles. The molecule has 138 valence electrons. The van der Waals surface area contributed by atoms with Gasteiger partial charge in [0.1, 0.15) is 6.10 Å². The molecule has 0 bridgehead atoms. The molecule has 0 spiro atoms. The number of alkyl halides is 8. The molecule has 1 aromatic rings. The molecule has 3 atom stereocenters. The van der Waals surface area contributed by atoms with Gasteiger partial charge in [-0.25, -0.2) is 22.0 Å². The summed E-state index contributed by atoms with van der Waals surface area (Å²) in [4.78, 5) is 0. The summed E-state index contributed by atoms with van der Waals surface area (Å²) in [5.41, 5.74) is -3.70. The van der Waals surface area contributed by atoms with Crippen molar-refractivity contribution in [3.8, 4) is 0 Å². The fourth-order valence-electron chi connectivity index (χ4n) is 2.55. The van der Waals surface area contributed by atoms with Crippen molar-refractivity contribution in [1.29, 1.82) is 0 Å². The number of nitrogens with zero attached hydrogens (tertiary/aromatic N) is 2. The van der Waals surface area contributed by atoms with E-state index in [1.54, 1.807) is 0 Å². The van der Waals surface area contributed by atoms with E-state index < -0.39 is 66.8 Å². The van der Waals surface area contributed by atoms with Crippen LogP contribution in [-0.4, -0.2) is 46.6 Å². The van der Waals surface area contributed by atoms with Crippen molar-refractivity contribution in [1.82, 2.24) is 9.78 Å². The first-order valence-electron chi connectivity index (χ1n) is 6.57. The third-order valence-corrected chi connectivity index (χ3v) is 3.67. The molecule has 1 aromatic heterocycles. The van der Waals surface area contributed by atoms with Gasteiger partial charge in [-0.05, 0) is 0 Å². The molecule has 2 rings (SSSR count). The maximum Gasteiger partial charge on any atom is 0.435 e. The van der Waals surface area contributed by atoms with Crippen molar-refractivity contribution >= 4 is 0 Å². The Morgan fingerprint density at radius 3 is 2.38 bits per heavy atom. The molecule has 1 unspecified atom stereocenters. The van der Waals surface area contributed by atoms with E-state index in [9.17, 15) is 40.2 Å². The van der Waals surface area contributed by atoms with Crippen LogP contribution in [0.15, 0.2) is 0 Å². The molecule has 4 nitrogen and oxygen atoms in total. The van der Waals surface area contributed by atoms with Gasteiger partial charge in [0, 0.05) is 12.7 Å². The van der Waals surface area contributed by atoms with Crippen molar-refractivity contribution in [3.63, 3.8) is 0 Å². The molecule has 0 radical (unpaired) electrons. The van der Waals surface area contributed by atoms with Crippen LogP contribution < -0.4 is 0 Å². The normalized spacial score (nSPS) is 22.7. The number of aliphatic hydroxyl groups is 1. The van der Waals surface area contributed by atoms with Crippen molar-refractivity contribution in [2.75, 3.05) is 7.11 Å². The first-order valence-corrected chi connectivity index (χ1v) is 6.57. The molecule has 0 saturated carbocycles. The number of halogens is 8. The van der Waals surface area contributed by atoms with Crippen LogP contribution in [0.25, 0.3) is 0 Å². The lowest BCUT2D eigenvalue weighted by Gasteiger charge is -2.20. The second kappa shape index (κ2) is 6.14. The molecule has 24 heavy (non-hydrogen) atoms. The molecule has 0 amide bonds. The zero-order chi connectivity index (χ0) is 18.4. The molecule has 1 aliphatic carbocycles. The first-order chi connectivity index (χ1) is 10.9. The highest BCUT2D eigenvalue weighted by Gasteiger charge is 2.54. The SMILES string of the molecule is CO[C@@H](C(F)F)C(F)Cn1nc(C(F)(F)F)c2c1CC(F)(F)[C@H]2O. The summed E-state index contributed by atoms with van der Waals surface area (Å²) in [7, 11) is 0.774. The van der Waals surface area contributed by atoms with Crippen molar-refractivity contribution in [2.45, 2.75) is 49.9 Å². The Morgan fingerprint density at radius 2 is 1.92 bits per heavy atom. The van der Waals surface area contributed by atoms with Crippen molar-refractivity contribution < 1.29 is 45.0 Å². The van der Waals surface area contributed by atoms with Gasteiger partial charge in [0.15, 0.2) is 18.0 Å². The van der Waals surface area contributed by atoms with E-state index in [4.69, 9.17) is 0 Å². The zero-order valence-electron chi connectivity index (χ0n) is 12.0. The van der Waals surface area contributed by atoms with Crippen LogP contribution in [0, 0.1) is 0 Å². The molecule has 1 heterocycles. The van der Waals surface area contributed by atoms with Gasteiger partial charge in [0.25, 0.3) is 12.3 Å². The van der Waals surface area contributed by atoms with E-state index >= 15 is 0 Å². The summed E-state index contributed by atoms with van der Waals surface area (Å²) in [6.45, 7) is -1.15. The Labute approximate surface area is 130 Å². The molecule has 1 N–H and O–H groups in total. The Bertz CT molecular complexity index is 601. The molecule has 0 aliphatic heterocycles. The van der Waals surface area contributed by atoms with Gasteiger partial charge in [0.2, 0.25) is 0 Å². The molecule has 12 heteroatoms. The van der Waals surface area contributed by atoms with Gasteiger partial charge in [-0.3, -0.25) is 4.68 Å². The minimum Gasteiger partial charge on any atom is -0.382 e. The predicted octanol–water partition coefficient (Wildman–Crippen LogP) is 2.74. The number of fused-ring (bicyclic) bond motifs is 1. The smallest absolute Gasteiger partial charge is 0.382 e. The summed E-state index contributed by atoms with van der Waals surface area (Å²) in [5.74, 6) is -3.90. The Morgan fingerprint density at radius 1 is 1.33 bits per heavy atom. The average molecular weight is 368 g/mol. The van der Waals surface area contributed by atoms with Gasteiger partial charge < -0.3 is 9.84 Å². The third-order valence-electron chi connectivity index (χ3n) is 3.67. The summed E-state index contributed by atoms with van der Waals surface area (Å²) in [5, 5.41) is 12.4. The lowest BCUT2D eigenvalue weighted by atomic mass is 10.1. The van der Waals surface area contributed by atoms with Gasteiger partial charge in [-0.15, -0.1) is 0 Å². The fourth-order valence-corrected chi connectivity index (χ4v) is 2.55. The van der Waals surface area contributed by atoms with Crippen LogP contribution in [-0.2, 0) is 23.9 Å². The number of aliphatic hydroxyl groups excluding tert-OH is 1. The molecule has 0 saturated heterocycles. The molecule has 0 fully saturated rings. The lowest BCUT2D eigenvalue weighted by molar-refractivity contribution is -0.146. The van der Waals surface area contributed by atoms with Crippen molar-refractivity contribution in [2.24, 2.45) is 0 Å². The maximum atomic E-state index is 13.9. The maximum absolute atomic E-state index is 13.9. The van der Waals surface area contributed by atoms with Crippen LogP contribution in [0.5, 0.6) is 0 Å².